The molecule has 54 heavy (non-hydrogen) atoms. The van der Waals surface area contributed by atoms with Crippen LogP contribution in [0.15, 0.2) is 59.5 Å². The Morgan fingerprint density at radius 2 is 1.85 bits per heavy atom. The van der Waals surface area contributed by atoms with Crippen LogP contribution in [0.5, 0.6) is 5.88 Å². The second kappa shape index (κ2) is 16.5. The lowest BCUT2D eigenvalue weighted by Crippen LogP contribution is -2.41. The molecular formula is C39H43ClF2N8O4. The van der Waals surface area contributed by atoms with Gasteiger partial charge >= 0.3 is 6.03 Å². The Hall–Kier alpha value is -5.18. The number of ether oxygens (including phenoxy) is 1. The van der Waals surface area contributed by atoms with E-state index in [2.05, 4.69) is 38.7 Å². The Labute approximate surface area is 316 Å². The molecule has 0 bridgehead atoms. The number of carbonyl (C=O) groups excluding carboxylic acids is 1. The standard InChI is InChI=1S/C39H43ClF2N8O4/c1-22-25(9-7-12-28(22)45-36-33-24(20-30(46-36)35(41)42)21-44-49(4)38(33)52)26-10-6-11-27(34(26)40)29-19-23-13-14-31(32(23)37(47-29)54-5)48(3)15-8-16-50(17-18-51)39(53)43-2/h6-7,9-12,19-21,31,35,51H,8,13-18H2,1-5H3,(H,43,53)(H,45,46). The van der Waals surface area contributed by atoms with Crippen molar-refractivity contribution >= 4 is 39.9 Å². The molecule has 1 atom stereocenters. The number of rotatable bonds is 13. The second-order valence-corrected chi connectivity index (χ2v) is 13.6. The van der Waals surface area contributed by atoms with Gasteiger partial charge in [-0.25, -0.2) is 28.2 Å². The number of benzene rings is 2. The van der Waals surface area contributed by atoms with E-state index in [0.29, 0.717) is 28.8 Å². The fourth-order valence-electron chi connectivity index (χ4n) is 7.18. The summed E-state index contributed by atoms with van der Waals surface area (Å²) in [6.07, 6.45) is 0.956. The zero-order valence-electron chi connectivity index (χ0n) is 30.8. The number of amides is 2. The third-order valence-electron chi connectivity index (χ3n) is 9.99. The maximum absolute atomic E-state index is 13.8. The summed E-state index contributed by atoms with van der Waals surface area (Å²) < 4.78 is 34.7. The molecule has 284 valence electrons. The highest BCUT2D eigenvalue weighted by atomic mass is 35.5. The van der Waals surface area contributed by atoms with Crippen LogP contribution in [0.2, 0.25) is 5.02 Å². The first-order valence-corrected chi connectivity index (χ1v) is 18.0. The van der Waals surface area contributed by atoms with E-state index in [4.69, 9.17) is 21.3 Å². The smallest absolute Gasteiger partial charge is 0.317 e. The number of urea groups is 1. The van der Waals surface area contributed by atoms with Crippen molar-refractivity contribution < 1.29 is 23.4 Å². The quantitative estimate of drug-likeness (QED) is 0.120. The molecule has 0 radical (unpaired) electrons. The van der Waals surface area contributed by atoms with E-state index in [-0.39, 0.29) is 41.8 Å². The van der Waals surface area contributed by atoms with E-state index in [9.17, 15) is 23.5 Å². The highest BCUT2D eigenvalue weighted by Gasteiger charge is 2.31. The van der Waals surface area contributed by atoms with Gasteiger partial charge in [0.05, 0.1) is 36.0 Å². The number of pyridine rings is 2. The molecule has 0 saturated carbocycles. The van der Waals surface area contributed by atoms with Crippen LogP contribution in [0.1, 0.15) is 47.7 Å². The van der Waals surface area contributed by atoms with Crippen LogP contribution in [0.25, 0.3) is 33.2 Å². The molecule has 0 fully saturated rings. The van der Waals surface area contributed by atoms with Crippen molar-refractivity contribution in [1.29, 1.82) is 0 Å². The van der Waals surface area contributed by atoms with Gasteiger partial charge in [-0.1, -0.05) is 41.9 Å². The van der Waals surface area contributed by atoms with Crippen molar-refractivity contribution in [2.45, 2.75) is 38.7 Å². The average Bonchev–Trinajstić information content (AvgIpc) is 3.60. The summed E-state index contributed by atoms with van der Waals surface area (Å²) >= 11 is 7.19. The second-order valence-electron chi connectivity index (χ2n) is 13.2. The number of carbonyl (C=O) groups is 1. The third-order valence-corrected chi connectivity index (χ3v) is 10.4. The molecule has 0 spiro atoms. The minimum Gasteiger partial charge on any atom is -0.481 e. The van der Waals surface area contributed by atoms with E-state index in [0.717, 1.165) is 63.9 Å². The molecule has 6 rings (SSSR count). The number of nitrogens with one attached hydrogen (secondary N) is 2. The lowest BCUT2D eigenvalue weighted by Gasteiger charge is -2.28. The number of aliphatic hydroxyl groups excluding tert-OH is 1. The number of aryl methyl sites for hydroxylation is 2. The van der Waals surface area contributed by atoms with Gasteiger partial charge in [0.25, 0.3) is 12.0 Å². The van der Waals surface area contributed by atoms with Crippen molar-refractivity contribution in [3.8, 4) is 28.3 Å². The van der Waals surface area contributed by atoms with Crippen LogP contribution in [0.3, 0.4) is 0 Å². The SMILES string of the molecule is CNC(=O)N(CCO)CCCN(C)C1CCc2cc(-c3cccc(-c4cccc(Nc5nc(C(F)F)cc6cnn(C)c(=O)c56)c4C)c3Cl)nc(OC)c21. The molecule has 2 aromatic carbocycles. The molecule has 0 aliphatic heterocycles. The number of methoxy groups -OCH3 is 1. The van der Waals surface area contributed by atoms with E-state index in [1.54, 1.807) is 25.1 Å². The number of hydrogen-bond donors (Lipinski definition) is 3. The first kappa shape index (κ1) is 38.5. The van der Waals surface area contributed by atoms with Gasteiger partial charge in [0.15, 0.2) is 0 Å². The van der Waals surface area contributed by atoms with Crippen molar-refractivity contribution in [2.75, 3.05) is 52.8 Å². The molecule has 2 amide bonds. The minimum absolute atomic E-state index is 0.0110. The van der Waals surface area contributed by atoms with E-state index >= 15 is 0 Å². The van der Waals surface area contributed by atoms with Crippen LogP contribution in [0, 0.1) is 6.92 Å². The van der Waals surface area contributed by atoms with Gasteiger partial charge in [-0.15, -0.1) is 0 Å². The van der Waals surface area contributed by atoms with Crippen molar-refractivity contribution in [2.24, 2.45) is 7.05 Å². The van der Waals surface area contributed by atoms with Gasteiger partial charge in [-0.3, -0.25) is 9.69 Å². The number of alkyl halides is 2. The first-order valence-electron chi connectivity index (χ1n) is 17.6. The monoisotopic (exact) mass is 760 g/mol. The Kier molecular flexibility index (Phi) is 11.7. The van der Waals surface area contributed by atoms with Crippen LogP contribution in [-0.2, 0) is 13.5 Å². The number of halogens is 3. The lowest BCUT2D eigenvalue weighted by molar-refractivity contribution is 0.146. The highest BCUT2D eigenvalue weighted by Crippen LogP contribution is 2.44. The summed E-state index contributed by atoms with van der Waals surface area (Å²) in [4.78, 5) is 38.2. The van der Waals surface area contributed by atoms with Crippen LogP contribution >= 0.6 is 11.6 Å². The molecule has 0 saturated heterocycles. The summed E-state index contributed by atoms with van der Waals surface area (Å²) in [7, 11) is 6.73. The number of fused-ring (bicyclic) bond motifs is 2. The fraction of sp³-hybridized carbons (Fsp3) is 0.359. The first-order chi connectivity index (χ1) is 26.0. The van der Waals surface area contributed by atoms with Gasteiger partial charge in [0.1, 0.15) is 11.5 Å². The number of nitrogens with zero attached hydrogens (tertiary/aromatic N) is 6. The fourth-order valence-corrected chi connectivity index (χ4v) is 7.51. The zero-order chi connectivity index (χ0) is 38.7. The average molecular weight is 761 g/mol. The van der Waals surface area contributed by atoms with Gasteiger partial charge in [0, 0.05) is 67.5 Å². The van der Waals surface area contributed by atoms with Gasteiger partial charge in [0.2, 0.25) is 5.88 Å². The summed E-state index contributed by atoms with van der Waals surface area (Å²) in [5.41, 5.74) is 5.46. The molecule has 15 heteroatoms. The van der Waals surface area contributed by atoms with Crippen molar-refractivity contribution in [1.82, 2.24) is 34.9 Å². The van der Waals surface area contributed by atoms with Crippen molar-refractivity contribution in [3.05, 3.63) is 92.5 Å². The Balaban J connectivity index is 1.29. The van der Waals surface area contributed by atoms with Gasteiger partial charge in [-0.05, 0) is 68.1 Å². The number of aromatic nitrogens is 4. The summed E-state index contributed by atoms with van der Waals surface area (Å²) in [6, 6.07) is 14.4. The third kappa shape index (κ3) is 7.59. The number of aliphatic hydroxyl groups is 1. The predicted octanol–water partition coefficient (Wildman–Crippen LogP) is 6.65. The Morgan fingerprint density at radius 1 is 1.11 bits per heavy atom. The molecule has 3 aromatic heterocycles. The molecule has 12 nitrogen and oxygen atoms in total. The topological polar surface area (TPSA) is 138 Å². The lowest BCUT2D eigenvalue weighted by atomic mass is 9.96. The maximum Gasteiger partial charge on any atom is 0.317 e. The number of anilines is 2. The molecule has 1 aliphatic rings. The molecule has 1 unspecified atom stereocenters. The Bertz CT molecular complexity index is 2250. The van der Waals surface area contributed by atoms with Crippen LogP contribution in [-0.4, -0.2) is 88.1 Å². The van der Waals surface area contributed by atoms with E-state index in [1.807, 2.05) is 37.3 Å². The normalized spacial score (nSPS) is 13.8. The summed E-state index contributed by atoms with van der Waals surface area (Å²) in [5.74, 6) is 0.539. The molecule has 5 aromatic rings. The molecule has 3 heterocycles. The zero-order valence-corrected chi connectivity index (χ0v) is 31.5. The van der Waals surface area contributed by atoms with Gasteiger partial charge < -0.3 is 25.4 Å². The molecule has 3 N–H and O–H groups in total. The maximum atomic E-state index is 13.8. The van der Waals surface area contributed by atoms with Crippen molar-refractivity contribution in [3.63, 3.8) is 0 Å². The highest BCUT2D eigenvalue weighted by molar-refractivity contribution is 6.36. The van der Waals surface area contributed by atoms with Crippen LogP contribution in [0.4, 0.5) is 25.1 Å². The predicted molar refractivity (Wildman–Crippen MR) is 206 cm³/mol. The van der Waals surface area contributed by atoms with E-state index < -0.39 is 17.7 Å². The summed E-state index contributed by atoms with van der Waals surface area (Å²) in [6.45, 7) is 3.30. The Morgan fingerprint density at radius 3 is 2.57 bits per heavy atom. The molecule has 1 aliphatic carbocycles. The van der Waals surface area contributed by atoms with Crippen LogP contribution < -0.4 is 20.9 Å². The van der Waals surface area contributed by atoms with E-state index in [1.165, 1.54) is 19.3 Å². The van der Waals surface area contributed by atoms with Gasteiger partial charge in [-0.2, -0.15) is 5.10 Å². The largest absolute Gasteiger partial charge is 0.481 e. The number of hydrogen-bond acceptors (Lipinski definition) is 9. The summed E-state index contributed by atoms with van der Waals surface area (Å²) in [5, 5.41) is 20.0. The minimum atomic E-state index is -2.85. The molecular weight excluding hydrogens is 718 g/mol.